The van der Waals surface area contributed by atoms with Gasteiger partial charge in [-0.1, -0.05) is 0 Å². The van der Waals surface area contributed by atoms with Crippen molar-refractivity contribution in [1.82, 2.24) is 10.2 Å². The number of nitrogens with zero attached hydrogens (tertiary/aromatic N) is 1. The summed E-state index contributed by atoms with van der Waals surface area (Å²) in [6.45, 7) is 6.68. The molecule has 7 heteroatoms. The predicted molar refractivity (Wildman–Crippen MR) is 68.3 cm³/mol. The number of rotatable bonds is 8. The number of ether oxygens (including phenoxy) is 2. The molecule has 1 amide bonds. The molecule has 0 heterocycles. The van der Waals surface area contributed by atoms with Crippen LogP contribution in [0.3, 0.4) is 0 Å². The second-order valence-electron chi connectivity index (χ2n) is 3.07. The van der Waals surface area contributed by atoms with E-state index in [4.69, 9.17) is 26.8 Å². The summed E-state index contributed by atoms with van der Waals surface area (Å²) < 4.78 is 10.3. The average molecular weight is 264 g/mol. The zero-order valence-electron chi connectivity index (χ0n) is 10.3. The van der Waals surface area contributed by atoms with Gasteiger partial charge in [0.05, 0.1) is 19.8 Å². The first-order valence-electron chi connectivity index (χ1n) is 5.57. The topological polar surface area (TPSA) is 71.0 Å². The number of carboxylic acid groups (broad SMARTS) is 1. The Hall–Kier alpha value is -0.920. The minimum atomic E-state index is -1.05. The molecule has 0 saturated heterocycles. The summed E-state index contributed by atoms with van der Waals surface area (Å²) in [7, 11) is 0. The summed E-state index contributed by atoms with van der Waals surface area (Å²) >= 11 is 4.92. The summed E-state index contributed by atoms with van der Waals surface area (Å²) in [5, 5.41) is 11.8. The molecule has 0 aliphatic carbocycles. The minimum absolute atomic E-state index is 0.202. The molecular weight excluding hydrogens is 244 g/mol. The van der Waals surface area contributed by atoms with Crippen LogP contribution in [0.25, 0.3) is 0 Å². The molecule has 100 valence electrons. The third-order valence-electron chi connectivity index (χ3n) is 1.89. The van der Waals surface area contributed by atoms with E-state index >= 15 is 0 Å². The normalized spacial score (nSPS) is 10.0. The van der Waals surface area contributed by atoms with Crippen molar-refractivity contribution in [2.45, 2.75) is 13.8 Å². The van der Waals surface area contributed by atoms with Gasteiger partial charge in [-0.25, -0.2) is 4.79 Å². The van der Waals surface area contributed by atoms with E-state index in [0.717, 1.165) is 4.90 Å². The van der Waals surface area contributed by atoms with E-state index in [9.17, 15) is 4.79 Å². The quantitative estimate of drug-likeness (QED) is 0.502. The van der Waals surface area contributed by atoms with Crippen LogP contribution >= 0.6 is 12.2 Å². The van der Waals surface area contributed by atoms with Gasteiger partial charge in [0, 0.05) is 19.7 Å². The van der Waals surface area contributed by atoms with E-state index in [2.05, 4.69) is 5.32 Å². The monoisotopic (exact) mass is 264 g/mol. The van der Waals surface area contributed by atoms with Crippen LogP contribution in [0.2, 0.25) is 0 Å². The average Bonchev–Trinajstić information content (AvgIpc) is 2.28. The van der Waals surface area contributed by atoms with Gasteiger partial charge in [0.1, 0.15) is 0 Å². The molecule has 0 unspecified atom stereocenters. The van der Waals surface area contributed by atoms with Crippen molar-refractivity contribution in [2.24, 2.45) is 0 Å². The molecule has 0 aliphatic rings. The summed E-state index contributed by atoms with van der Waals surface area (Å²) in [5.41, 5.74) is 0. The molecule has 0 bridgehead atoms. The summed E-state index contributed by atoms with van der Waals surface area (Å²) in [6.07, 6.45) is -1.05. The van der Waals surface area contributed by atoms with Crippen LogP contribution in [0.1, 0.15) is 13.8 Å². The number of amides is 1. The highest BCUT2D eigenvalue weighted by atomic mass is 32.1. The molecule has 6 nitrogen and oxygen atoms in total. The lowest BCUT2D eigenvalue weighted by molar-refractivity contribution is 0.0549. The first-order chi connectivity index (χ1) is 8.13. The fourth-order valence-corrected chi connectivity index (χ4v) is 1.36. The fraction of sp³-hybridized carbons (Fsp3) is 0.800. The molecule has 0 aromatic heterocycles. The third kappa shape index (κ3) is 7.89. The zero-order chi connectivity index (χ0) is 13.1. The van der Waals surface area contributed by atoms with Crippen LogP contribution < -0.4 is 5.32 Å². The van der Waals surface area contributed by atoms with Gasteiger partial charge in [-0.2, -0.15) is 0 Å². The molecule has 0 aliphatic heterocycles. The molecule has 0 radical (unpaired) electrons. The van der Waals surface area contributed by atoms with Gasteiger partial charge in [0.25, 0.3) is 0 Å². The zero-order valence-corrected chi connectivity index (χ0v) is 11.1. The molecule has 2 N–H and O–H groups in total. The van der Waals surface area contributed by atoms with Crippen LogP contribution in [0, 0.1) is 0 Å². The van der Waals surface area contributed by atoms with Gasteiger partial charge in [0.2, 0.25) is 0 Å². The van der Waals surface area contributed by atoms with Gasteiger partial charge >= 0.3 is 6.09 Å². The molecule has 0 saturated carbocycles. The van der Waals surface area contributed by atoms with E-state index in [1.54, 1.807) is 6.92 Å². The SMILES string of the molecule is CCOCCOCCNC(=S)N(CC)C(=O)O. The first-order valence-corrected chi connectivity index (χ1v) is 5.98. The van der Waals surface area contributed by atoms with Crippen molar-refractivity contribution in [3.63, 3.8) is 0 Å². The van der Waals surface area contributed by atoms with E-state index < -0.39 is 6.09 Å². The summed E-state index contributed by atoms with van der Waals surface area (Å²) in [5.74, 6) is 0. The number of hydrogen-bond donors (Lipinski definition) is 2. The smallest absolute Gasteiger partial charge is 0.413 e. The minimum Gasteiger partial charge on any atom is -0.465 e. The van der Waals surface area contributed by atoms with E-state index in [1.807, 2.05) is 6.92 Å². The highest BCUT2D eigenvalue weighted by molar-refractivity contribution is 7.80. The maximum absolute atomic E-state index is 10.7. The molecule has 0 aromatic rings. The Morgan fingerprint density at radius 2 is 1.94 bits per heavy atom. The third-order valence-corrected chi connectivity index (χ3v) is 2.26. The fourth-order valence-electron chi connectivity index (χ4n) is 1.06. The number of hydrogen-bond acceptors (Lipinski definition) is 4. The van der Waals surface area contributed by atoms with Crippen molar-refractivity contribution in [2.75, 3.05) is 39.5 Å². The van der Waals surface area contributed by atoms with Gasteiger partial charge in [-0.3, -0.25) is 4.90 Å². The Balaban J connectivity index is 3.53. The van der Waals surface area contributed by atoms with Crippen molar-refractivity contribution in [3.05, 3.63) is 0 Å². The van der Waals surface area contributed by atoms with Gasteiger partial charge in [-0.05, 0) is 26.1 Å². The van der Waals surface area contributed by atoms with Crippen molar-refractivity contribution < 1.29 is 19.4 Å². The Kier molecular flexibility index (Phi) is 9.69. The van der Waals surface area contributed by atoms with E-state index in [0.29, 0.717) is 39.5 Å². The molecular formula is C10H20N2O4S. The molecule has 0 fully saturated rings. The van der Waals surface area contributed by atoms with Crippen LogP contribution in [0.5, 0.6) is 0 Å². The predicted octanol–water partition coefficient (Wildman–Crippen LogP) is 0.914. The molecule has 17 heavy (non-hydrogen) atoms. The van der Waals surface area contributed by atoms with Crippen LogP contribution in [0.4, 0.5) is 4.79 Å². The standard InChI is InChI=1S/C10H20N2O4S/c1-3-12(10(13)14)9(17)11-5-6-16-8-7-15-4-2/h3-8H2,1-2H3,(H,11,17)(H,13,14). The largest absolute Gasteiger partial charge is 0.465 e. The Morgan fingerprint density at radius 1 is 1.29 bits per heavy atom. The summed E-state index contributed by atoms with van der Waals surface area (Å²) in [4.78, 5) is 11.8. The molecule has 0 rings (SSSR count). The maximum atomic E-state index is 10.7. The second-order valence-corrected chi connectivity index (χ2v) is 3.45. The lowest BCUT2D eigenvalue weighted by Gasteiger charge is -2.18. The lowest BCUT2D eigenvalue weighted by Crippen LogP contribution is -2.43. The molecule has 0 aromatic carbocycles. The van der Waals surface area contributed by atoms with Crippen molar-refractivity contribution in [3.8, 4) is 0 Å². The lowest BCUT2D eigenvalue weighted by atomic mass is 10.6. The van der Waals surface area contributed by atoms with Gasteiger partial charge in [0.15, 0.2) is 5.11 Å². The molecule has 0 spiro atoms. The van der Waals surface area contributed by atoms with Crippen LogP contribution in [-0.2, 0) is 9.47 Å². The van der Waals surface area contributed by atoms with Gasteiger partial charge in [-0.15, -0.1) is 0 Å². The number of nitrogens with one attached hydrogen (secondary N) is 1. The van der Waals surface area contributed by atoms with E-state index in [-0.39, 0.29) is 5.11 Å². The Bertz CT molecular complexity index is 238. The Morgan fingerprint density at radius 3 is 2.47 bits per heavy atom. The second kappa shape index (κ2) is 10.2. The van der Waals surface area contributed by atoms with Crippen molar-refractivity contribution >= 4 is 23.4 Å². The highest BCUT2D eigenvalue weighted by Gasteiger charge is 2.13. The van der Waals surface area contributed by atoms with Crippen LogP contribution in [0.15, 0.2) is 0 Å². The van der Waals surface area contributed by atoms with Crippen molar-refractivity contribution in [1.29, 1.82) is 0 Å². The van der Waals surface area contributed by atoms with Crippen LogP contribution in [-0.4, -0.2) is 60.7 Å². The van der Waals surface area contributed by atoms with E-state index in [1.165, 1.54) is 0 Å². The number of thiocarbonyl (C=S) groups is 1. The Labute approximate surface area is 107 Å². The highest BCUT2D eigenvalue weighted by Crippen LogP contribution is 1.90. The maximum Gasteiger partial charge on any atom is 0.413 e. The summed E-state index contributed by atoms with van der Waals surface area (Å²) in [6, 6.07) is 0. The van der Waals surface area contributed by atoms with Gasteiger partial charge < -0.3 is 19.9 Å². The first kappa shape index (κ1) is 16.1. The number of carbonyl (C=O) groups is 1. The molecule has 0 atom stereocenters.